The molecule has 0 saturated carbocycles. The molecule has 0 unspecified atom stereocenters. The van der Waals surface area contributed by atoms with E-state index in [9.17, 15) is 4.79 Å². The molecule has 0 saturated heterocycles. The zero-order valence-corrected chi connectivity index (χ0v) is 15.6. The lowest BCUT2D eigenvalue weighted by Crippen LogP contribution is -2.33. The van der Waals surface area contributed by atoms with E-state index in [-0.39, 0.29) is 5.91 Å². The summed E-state index contributed by atoms with van der Waals surface area (Å²) >= 11 is 1.29. The Balaban J connectivity index is 1.87. The van der Waals surface area contributed by atoms with Crippen LogP contribution < -0.4 is 0 Å². The van der Waals surface area contributed by atoms with E-state index in [0.29, 0.717) is 24.2 Å². The molecule has 0 N–H and O–H groups in total. The fourth-order valence-corrected chi connectivity index (χ4v) is 3.61. The van der Waals surface area contributed by atoms with Gasteiger partial charge in [-0.05, 0) is 43.3 Å². The predicted molar refractivity (Wildman–Crippen MR) is 103 cm³/mol. The van der Waals surface area contributed by atoms with E-state index in [1.54, 1.807) is 0 Å². The average Bonchev–Trinajstić information content (AvgIpc) is 3.17. The molecule has 26 heavy (non-hydrogen) atoms. The van der Waals surface area contributed by atoms with Gasteiger partial charge in [-0.15, -0.1) is 10.2 Å². The Hall–Kier alpha value is -2.60. The van der Waals surface area contributed by atoms with Crippen LogP contribution in [0.15, 0.2) is 70.3 Å². The van der Waals surface area contributed by atoms with Crippen molar-refractivity contribution in [2.45, 2.75) is 24.3 Å². The van der Waals surface area contributed by atoms with Crippen LogP contribution in [0.4, 0.5) is 0 Å². The molecule has 0 fully saturated rings. The van der Waals surface area contributed by atoms with Crippen LogP contribution in [0.3, 0.4) is 0 Å². The molecule has 1 amide bonds. The number of benzene rings is 2. The van der Waals surface area contributed by atoms with Gasteiger partial charge in [0.25, 0.3) is 5.22 Å². The molecule has 0 bridgehead atoms. The van der Waals surface area contributed by atoms with Crippen molar-refractivity contribution in [1.82, 2.24) is 15.1 Å². The summed E-state index contributed by atoms with van der Waals surface area (Å²) in [5.74, 6) is 0.501. The minimum atomic E-state index is -0.417. The molecule has 134 valence electrons. The highest BCUT2D eigenvalue weighted by atomic mass is 32.2. The molecule has 3 rings (SSSR count). The van der Waals surface area contributed by atoms with E-state index in [0.717, 1.165) is 11.1 Å². The smallest absolute Gasteiger partial charge is 0.277 e. The highest BCUT2D eigenvalue weighted by Crippen LogP contribution is 2.37. The SMILES string of the molecule is CCN(CC)C(=O)[C@@H](Sc1nnc(-c2ccccc2)o1)c1ccccc1. The van der Waals surface area contributed by atoms with Gasteiger partial charge in [0, 0.05) is 18.7 Å². The van der Waals surface area contributed by atoms with Crippen LogP contribution in [0.2, 0.25) is 0 Å². The second kappa shape index (κ2) is 8.67. The molecule has 2 aromatic carbocycles. The fraction of sp³-hybridized carbons (Fsp3) is 0.250. The van der Waals surface area contributed by atoms with E-state index < -0.39 is 5.25 Å². The molecular weight excluding hydrogens is 346 g/mol. The van der Waals surface area contributed by atoms with Crippen LogP contribution in [0.5, 0.6) is 0 Å². The first-order chi connectivity index (χ1) is 12.7. The van der Waals surface area contributed by atoms with E-state index in [4.69, 9.17) is 4.42 Å². The lowest BCUT2D eigenvalue weighted by molar-refractivity contribution is -0.130. The topological polar surface area (TPSA) is 59.2 Å². The Labute approximate surface area is 157 Å². The lowest BCUT2D eigenvalue weighted by Gasteiger charge is -2.24. The number of hydrogen-bond donors (Lipinski definition) is 0. The van der Waals surface area contributed by atoms with Crippen LogP contribution in [-0.2, 0) is 4.79 Å². The second-order valence-electron chi connectivity index (χ2n) is 5.66. The molecule has 0 aliphatic carbocycles. The van der Waals surface area contributed by atoms with Gasteiger partial charge in [0.15, 0.2) is 0 Å². The number of carbonyl (C=O) groups is 1. The summed E-state index contributed by atoms with van der Waals surface area (Å²) in [6.07, 6.45) is 0. The molecule has 6 heteroatoms. The standard InChI is InChI=1S/C20H21N3O2S/c1-3-23(4-2)19(24)17(15-11-7-5-8-12-15)26-20-22-21-18(25-20)16-13-9-6-10-14-16/h5-14,17H,3-4H2,1-2H3/t17-/m0/s1. The lowest BCUT2D eigenvalue weighted by atomic mass is 10.1. The molecule has 0 radical (unpaired) electrons. The number of carbonyl (C=O) groups excluding carboxylic acids is 1. The Morgan fingerprint density at radius 2 is 1.62 bits per heavy atom. The number of nitrogens with zero attached hydrogens (tertiary/aromatic N) is 3. The number of thioether (sulfide) groups is 1. The van der Waals surface area contributed by atoms with Crippen LogP contribution in [-0.4, -0.2) is 34.1 Å². The van der Waals surface area contributed by atoms with E-state index in [1.807, 2.05) is 79.4 Å². The fourth-order valence-electron chi connectivity index (χ4n) is 2.65. The molecule has 0 aliphatic heterocycles. The van der Waals surface area contributed by atoms with Crippen LogP contribution >= 0.6 is 11.8 Å². The summed E-state index contributed by atoms with van der Waals surface area (Å²) in [5.41, 5.74) is 1.78. The zero-order valence-electron chi connectivity index (χ0n) is 14.8. The monoisotopic (exact) mass is 367 g/mol. The van der Waals surface area contributed by atoms with Crippen LogP contribution in [0.25, 0.3) is 11.5 Å². The molecule has 3 aromatic rings. The average molecular weight is 367 g/mol. The molecule has 1 aromatic heterocycles. The highest BCUT2D eigenvalue weighted by Gasteiger charge is 2.28. The molecule has 0 aliphatic rings. The minimum absolute atomic E-state index is 0.0469. The first-order valence-corrected chi connectivity index (χ1v) is 9.50. The number of aromatic nitrogens is 2. The minimum Gasteiger partial charge on any atom is -0.411 e. The van der Waals surface area contributed by atoms with Crippen molar-refractivity contribution in [3.63, 3.8) is 0 Å². The summed E-state index contributed by atoms with van der Waals surface area (Å²) < 4.78 is 5.79. The number of hydrogen-bond acceptors (Lipinski definition) is 5. The zero-order chi connectivity index (χ0) is 18.4. The van der Waals surface area contributed by atoms with Crippen molar-refractivity contribution in [3.8, 4) is 11.5 Å². The third-order valence-electron chi connectivity index (χ3n) is 4.05. The first kappa shape index (κ1) is 18.2. The van der Waals surface area contributed by atoms with Gasteiger partial charge in [0.1, 0.15) is 5.25 Å². The van der Waals surface area contributed by atoms with Gasteiger partial charge in [-0.1, -0.05) is 48.5 Å². The van der Waals surface area contributed by atoms with Crippen molar-refractivity contribution >= 4 is 17.7 Å². The van der Waals surface area contributed by atoms with Gasteiger partial charge in [0.05, 0.1) is 0 Å². The summed E-state index contributed by atoms with van der Waals surface area (Å²) in [4.78, 5) is 14.8. The number of likely N-dealkylation sites (N-methyl/N-ethyl adjacent to an activating group) is 1. The van der Waals surface area contributed by atoms with Gasteiger partial charge >= 0.3 is 0 Å². The predicted octanol–water partition coefficient (Wildman–Crippen LogP) is 4.44. The highest BCUT2D eigenvalue weighted by molar-refractivity contribution is 8.00. The van der Waals surface area contributed by atoms with Crippen molar-refractivity contribution in [2.75, 3.05) is 13.1 Å². The maximum atomic E-state index is 13.0. The molecule has 1 heterocycles. The van der Waals surface area contributed by atoms with Crippen molar-refractivity contribution in [3.05, 3.63) is 66.2 Å². The number of rotatable bonds is 7. The largest absolute Gasteiger partial charge is 0.411 e. The van der Waals surface area contributed by atoms with Crippen molar-refractivity contribution in [2.24, 2.45) is 0 Å². The van der Waals surface area contributed by atoms with Gasteiger partial charge in [-0.2, -0.15) is 0 Å². The van der Waals surface area contributed by atoms with E-state index >= 15 is 0 Å². The third kappa shape index (κ3) is 4.14. The first-order valence-electron chi connectivity index (χ1n) is 8.62. The summed E-state index contributed by atoms with van der Waals surface area (Å²) in [6.45, 7) is 5.29. The maximum absolute atomic E-state index is 13.0. The maximum Gasteiger partial charge on any atom is 0.277 e. The van der Waals surface area contributed by atoms with E-state index in [1.165, 1.54) is 11.8 Å². The van der Waals surface area contributed by atoms with Gasteiger partial charge < -0.3 is 9.32 Å². The molecule has 5 nitrogen and oxygen atoms in total. The van der Waals surface area contributed by atoms with Crippen molar-refractivity contribution < 1.29 is 9.21 Å². The van der Waals surface area contributed by atoms with Gasteiger partial charge in [-0.3, -0.25) is 4.79 Å². The Morgan fingerprint density at radius 3 is 2.23 bits per heavy atom. The summed E-state index contributed by atoms with van der Waals surface area (Å²) in [6, 6.07) is 19.3. The summed E-state index contributed by atoms with van der Waals surface area (Å²) in [5, 5.41) is 8.21. The number of amides is 1. The Bertz CT molecular complexity index is 833. The summed E-state index contributed by atoms with van der Waals surface area (Å²) in [7, 11) is 0. The molecular formula is C20H21N3O2S. The van der Waals surface area contributed by atoms with Crippen molar-refractivity contribution in [1.29, 1.82) is 0 Å². The second-order valence-corrected chi connectivity index (χ2v) is 6.71. The third-order valence-corrected chi connectivity index (χ3v) is 5.12. The van der Waals surface area contributed by atoms with Crippen LogP contribution in [0, 0.1) is 0 Å². The van der Waals surface area contributed by atoms with Crippen LogP contribution in [0.1, 0.15) is 24.7 Å². The normalized spacial score (nSPS) is 11.9. The molecule has 1 atom stereocenters. The van der Waals surface area contributed by atoms with Gasteiger partial charge in [0.2, 0.25) is 11.8 Å². The molecule has 0 spiro atoms. The van der Waals surface area contributed by atoms with Gasteiger partial charge in [-0.25, -0.2) is 0 Å². The quantitative estimate of drug-likeness (QED) is 0.578. The Kier molecular flexibility index (Phi) is 6.07. The Morgan fingerprint density at radius 1 is 1.00 bits per heavy atom. The van der Waals surface area contributed by atoms with E-state index in [2.05, 4.69) is 10.2 Å².